The molecule has 0 radical (unpaired) electrons. The Morgan fingerprint density at radius 1 is 1.28 bits per heavy atom. The van der Waals surface area contributed by atoms with Gasteiger partial charge in [-0.2, -0.15) is 0 Å². The van der Waals surface area contributed by atoms with E-state index in [1.165, 1.54) is 11.8 Å². The molecule has 2 amide bonds. The molecule has 1 aromatic rings. The van der Waals surface area contributed by atoms with Gasteiger partial charge in [-0.25, -0.2) is 0 Å². The van der Waals surface area contributed by atoms with Crippen molar-refractivity contribution < 1.29 is 14.3 Å². The van der Waals surface area contributed by atoms with E-state index in [-0.39, 0.29) is 18.4 Å². The predicted molar refractivity (Wildman–Crippen MR) is 99.2 cm³/mol. The van der Waals surface area contributed by atoms with E-state index in [4.69, 9.17) is 16.3 Å². The highest BCUT2D eigenvalue weighted by molar-refractivity contribution is 6.34. The normalized spacial score (nSPS) is 15.0. The molecule has 0 bridgehead atoms. The summed E-state index contributed by atoms with van der Waals surface area (Å²) in [6, 6.07) is 3.75. The maximum Gasteiger partial charge on any atom is 0.240 e. The smallest absolute Gasteiger partial charge is 0.240 e. The van der Waals surface area contributed by atoms with Crippen LogP contribution in [0.4, 0.5) is 5.69 Å². The minimum Gasteiger partial charge on any atom is -0.379 e. The van der Waals surface area contributed by atoms with Crippen molar-refractivity contribution in [1.82, 2.24) is 10.2 Å². The van der Waals surface area contributed by atoms with E-state index in [0.717, 1.165) is 44.0 Å². The van der Waals surface area contributed by atoms with Crippen LogP contribution in [-0.2, 0) is 14.3 Å². The van der Waals surface area contributed by atoms with E-state index in [1.807, 2.05) is 19.9 Å². The minimum absolute atomic E-state index is 0.0396. The Bertz CT molecular complexity index is 607. The van der Waals surface area contributed by atoms with Crippen molar-refractivity contribution in [3.63, 3.8) is 0 Å². The molecule has 6 nitrogen and oxygen atoms in total. The third-order valence-corrected chi connectivity index (χ3v) is 4.49. The van der Waals surface area contributed by atoms with E-state index in [0.29, 0.717) is 17.3 Å². The van der Waals surface area contributed by atoms with Gasteiger partial charge >= 0.3 is 0 Å². The van der Waals surface area contributed by atoms with Gasteiger partial charge in [0.1, 0.15) is 6.54 Å². The Balaban J connectivity index is 1.95. The quantitative estimate of drug-likeness (QED) is 0.832. The molecule has 0 unspecified atom stereocenters. The Morgan fingerprint density at radius 3 is 2.56 bits per heavy atom. The zero-order valence-corrected chi connectivity index (χ0v) is 15.9. The van der Waals surface area contributed by atoms with Crippen LogP contribution in [0.1, 0.15) is 18.1 Å². The lowest BCUT2D eigenvalue weighted by Crippen LogP contribution is -2.44. The molecule has 0 saturated carbocycles. The van der Waals surface area contributed by atoms with Crippen molar-refractivity contribution in [3.8, 4) is 0 Å². The first kappa shape index (κ1) is 19.7. The number of hydrogen-bond donors (Lipinski definition) is 1. The molecule has 2 rings (SSSR count). The van der Waals surface area contributed by atoms with E-state index >= 15 is 0 Å². The van der Waals surface area contributed by atoms with Crippen molar-refractivity contribution >= 4 is 29.1 Å². The molecule has 1 aliphatic heterocycles. The maximum atomic E-state index is 12.3. The number of morpholine rings is 1. The van der Waals surface area contributed by atoms with E-state index in [2.05, 4.69) is 10.2 Å². The van der Waals surface area contributed by atoms with Crippen molar-refractivity contribution in [2.45, 2.75) is 20.8 Å². The molecule has 25 heavy (non-hydrogen) atoms. The average Bonchev–Trinajstić information content (AvgIpc) is 2.54. The molecule has 1 aliphatic rings. The Hall–Kier alpha value is -1.63. The number of rotatable bonds is 6. The van der Waals surface area contributed by atoms with Gasteiger partial charge in [-0.05, 0) is 31.0 Å². The number of carbonyl (C=O) groups is 2. The molecule has 1 N–H and O–H groups in total. The number of nitrogens with one attached hydrogen (secondary N) is 1. The summed E-state index contributed by atoms with van der Waals surface area (Å²) in [6.07, 6.45) is 0. The molecule has 1 saturated heterocycles. The second-order valence-electron chi connectivity index (χ2n) is 6.32. The van der Waals surface area contributed by atoms with Gasteiger partial charge in [-0.3, -0.25) is 14.5 Å². The minimum atomic E-state index is -0.211. The van der Waals surface area contributed by atoms with Gasteiger partial charge in [0.2, 0.25) is 11.8 Å². The topological polar surface area (TPSA) is 61.9 Å². The second kappa shape index (κ2) is 9.17. The average molecular weight is 368 g/mol. The number of anilines is 1. The highest BCUT2D eigenvalue weighted by Crippen LogP contribution is 2.31. The van der Waals surface area contributed by atoms with Crippen molar-refractivity contribution in [2.24, 2.45) is 0 Å². The van der Waals surface area contributed by atoms with Crippen LogP contribution in [-0.4, -0.2) is 62.7 Å². The molecular formula is C18H26ClN3O3. The summed E-state index contributed by atoms with van der Waals surface area (Å²) < 4.78 is 5.30. The highest BCUT2D eigenvalue weighted by Gasteiger charge is 2.20. The van der Waals surface area contributed by atoms with Gasteiger partial charge in [-0.1, -0.05) is 17.7 Å². The molecular weight excluding hydrogens is 342 g/mol. The summed E-state index contributed by atoms with van der Waals surface area (Å²) in [5.74, 6) is -0.406. The molecule has 7 heteroatoms. The summed E-state index contributed by atoms with van der Waals surface area (Å²) in [4.78, 5) is 28.0. The summed E-state index contributed by atoms with van der Waals surface area (Å²) >= 11 is 6.32. The van der Waals surface area contributed by atoms with Crippen LogP contribution in [0.3, 0.4) is 0 Å². The van der Waals surface area contributed by atoms with Gasteiger partial charge in [0.15, 0.2) is 0 Å². The predicted octanol–water partition coefficient (Wildman–Crippen LogP) is 1.76. The number of amides is 2. The highest BCUT2D eigenvalue weighted by atomic mass is 35.5. The van der Waals surface area contributed by atoms with Crippen LogP contribution >= 0.6 is 11.6 Å². The van der Waals surface area contributed by atoms with Gasteiger partial charge in [0, 0.05) is 33.1 Å². The number of carbonyl (C=O) groups excluding carboxylic acids is 2. The summed E-state index contributed by atoms with van der Waals surface area (Å²) in [6.45, 7) is 9.79. The monoisotopic (exact) mass is 367 g/mol. The molecule has 0 aliphatic carbocycles. The van der Waals surface area contributed by atoms with E-state index in [9.17, 15) is 9.59 Å². The molecule has 1 aromatic carbocycles. The fraction of sp³-hybridized carbons (Fsp3) is 0.556. The number of hydrogen-bond acceptors (Lipinski definition) is 4. The van der Waals surface area contributed by atoms with Crippen LogP contribution in [0.2, 0.25) is 5.02 Å². The Morgan fingerprint density at radius 2 is 1.96 bits per heavy atom. The van der Waals surface area contributed by atoms with Crippen LogP contribution in [0.15, 0.2) is 12.1 Å². The van der Waals surface area contributed by atoms with Crippen LogP contribution in [0, 0.1) is 13.8 Å². The summed E-state index contributed by atoms with van der Waals surface area (Å²) in [7, 11) is 0. The Labute approximate surface area is 154 Å². The molecule has 0 spiro atoms. The third-order valence-electron chi connectivity index (χ3n) is 4.20. The number of halogens is 1. The summed E-state index contributed by atoms with van der Waals surface area (Å²) in [5.41, 5.74) is 2.49. The number of ether oxygens (including phenoxy) is 1. The fourth-order valence-electron chi connectivity index (χ4n) is 2.98. The zero-order chi connectivity index (χ0) is 18.4. The van der Waals surface area contributed by atoms with Crippen molar-refractivity contribution in [2.75, 3.05) is 50.8 Å². The van der Waals surface area contributed by atoms with Crippen LogP contribution in [0.25, 0.3) is 0 Å². The molecule has 0 aromatic heterocycles. The SMILES string of the molecule is CC(=O)N(CC(=O)NCCN1CCOCC1)c1c(C)cc(C)cc1Cl. The number of nitrogens with zero attached hydrogens (tertiary/aromatic N) is 2. The van der Waals surface area contributed by atoms with Gasteiger partial charge in [0.25, 0.3) is 0 Å². The van der Waals surface area contributed by atoms with Gasteiger partial charge < -0.3 is 15.0 Å². The molecule has 1 fully saturated rings. The molecule has 138 valence electrons. The lowest BCUT2D eigenvalue weighted by Gasteiger charge is -2.27. The summed E-state index contributed by atoms with van der Waals surface area (Å²) in [5, 5.41) is 3.36. The van der Waals surface area contributed by atoms with E-state index in [1.54, 1.807) is 6.07 Å². The second-order valence-corrected chi connectivity index (χ2v) is 6.73. The lowest BCUT2D eigenvalue weighted by atomic mass is 10.1. The fourth-order valence-corrected chi connectivity index (χ4v) is 3.40. The van der Waals surface area contributed by atoms with Gasteiger partial charge in [0.05, 0.1) is 23.9 Å². The van der Waals surface area contributed by atoms with Gasteiger partial charge in [-0.15, -0.1) is 0 Å². The number of aryl methyl sites for hydroxylation is 2. The third kappa shape index (κ3) is 5.70. The maximum absolute atomic E-state index is 12.3. The first-order chi connectivity index (χ1) is 11.9. The van der Waals surface area contributed by atoms with Crippen molar-refractivity contribution in [1.29, 1.82) is 0 Å². The first-order valence-electron chi connectivity index (χ1n) is 8.50. The van der Waals surface area contributed by atoms with Crippen molar-refractivity contribution in [3.05, 3.63) is 28.3 Å². The van der Waals surface area contributed by atoms with Crippen LogP contribution < -0.4 is 10.2 Å². The standard InChI is InChI=1S/C18H26ClN3O3/c1-13-10-14(2)18(16(19)11-13)22(15(3)23)12-17(24)20-4-5-21-6-8-25-9-7-21/h10-11H,4-9,12H2,1-3H3,(H,20,24). The number of benzene rings is 1. The van der Waals surface area contributed by atoms with E-state index < -0.39 is 0 Å². The largest absolute Gasteiger partial charge is 0.379 e. The van der Waals surface area contributed by atoms with Crippen LogP contribution in [0.5, 0.6) is 0 Å². The molecule has 0 atom stereocenters. The molecule has 1 heterocycles. The first-order valence-corrected chi connectivity index (χ1v) is 8.88. The lowest BCUT2D eigenvalue weighted by molar-refractivity contribution is -0.123. The zero-order valence-electron chi connectivity index (χ0n) is 15.1. The Kier molecular flexibility index (Phi) is 7.23.